The van der Waals surface area contributed by atoms with Gasteiger partial charge in [-0.25, -0.2) is 0 Å². The van der Waals surface area contributed by atoms with Gasteiger partial charge in [-0.2, -0.15) is 0 Å². The molecule has 0 bridgehead atoms. The Kier molecular flexibility index (Phi) is 4.10. The number of methoxy groups -OCH3 is 2. The van der Waals surface area contributed by atoms with E-state index in [1.807, 2.05) is 0 Å². The van der Waals surface area contributed by atoms with Crippen molar-refractivity contribution in [3.8, 4) is 11.5 Å². The summed E-state index contributed by atoms with van der Waals surface area (Å²) >= 11 is 11.7. The highest BCUT2D eigenvalue weighted by atomic mass is 35.5. The Morgan fingerprint density at radius 1 is 1.07 bits per heavy atom. The molecule has 0 aliphatic heterocycles. The SMILES string of the molecule is COc1cc(OC)c(Cl)c(B(O)O)c1Cl. The lowest BCUT2D eigenvalue weighted by Crippen LogP contribution is -2.32. The molecule has 15 heavy (non-hydrogen) atoms. The second-order valence-corrected chi connectivity index (χ2v) is 3.45. The minimum Gasteiger partial charge on any atom is -0.495 e. The molecule has 7 heteroatoms. The minimum absolute atomic E-state index is 0.0328. The third-order valence-electron chi connectivity index (χ3n) is 1.87. The topological polar surface area (TPSA) is 58.9 Å². The van der Waals surface area contributed by atoms with Crippen LogP contribution >= 0.6 is 23.2 Å². The van der Waals surface area contributed by atoms with Crippen molar-refractivity contribution in [2.45, 2.75) is 0 Å². The van der Waals surface area contributed by atoms with Crippen LogP contribution < -0.4 is 14.9 Å². The summed E-state index contributed by atoms with van der Waals surface area (Å²) in [5, 5.41) is 18.3. The van der Waals surface area contributed by atoms with Crippen molar-refractivity contribution >= 4 is 35.8 Å². The van der Waals surface area contributed by atoms with Crippen LogP contribution in [0.3, 0.4) is 0 Å². The maximum Gasteiger partial charge on any atom is 0.491 e. The van der Waals surface area contributed by atoms with Crippen molar-refractivity contribution in [3.05, 3.63) is 16.1 Å². The minimum atomic E-state index is -1.78. The fraction of sp³-hybridized carbons (Fsp3) is 0.250. The van der Waals surface area contributed by atoms with Gasteiger partial charge >= 0.3 is 7.12 Å². The normalized spacial score (nSPS) is 10.0. The van der Waals surface area contributed by atoms with Crippen molar-refractivity contribution in [2.75, 3.05) is 14.2 Å². The zero-order chi connectivity index (χ0) is 11.6. The summed E-state index contributed by atoms with van der Waals surface area (Å²) in [5.74, 6) is 0.530. The van der Waals surface area contributed by atoms with Gasteiger partial charge in [0.1, 0.15) is 11.5 Å². The zero-order valence-electron chi connectivity index (χ0n) is 8.12. The first-order valence-corrected chi connectivity index (χ1v) is 4.74. The number of rotatable bonds is 3. The number of hydrogen-bond donors (Lipinski definition) is 2. The molecule has 0 fully saturated rings. The van der Waals surface area contributed by atoms with Gasteiger partial charge in [0.2, 0.25) is 0 Å². The maximum atomic E-state index is 9.10. The summed E-state index contributed by atoms with van der Waals surface area (Å²) in [4.78, 5) is 0. The smallest absolute Gasteiger partial charge is 0.491 e. The van der Waals surface area contributed by atoms with Crippen LogP contribution in [0.15, 0.2) is 6.07 Å². The van der Waals surface area contributed by atoms with Crippen LogP contribution in [0, 0.1) is 0 Å². The number of halogens is 2. The lowest BCUT2D eigenvalue weighted by molar-refractivity contribution is 0.393. The van der Waals surface area contributed by atoms with Crippen molar-refractivity contribution in [1.29, 1.82) is 0 Å². The van der Waals surface area contributed by atoms with Gasteiger partial charge in [0, 0.05) is 11.5 Å². The van der Waals surface area contributed by atoms with E-state index in [1.54, 1.807) is 0 Å². The molecule has 0 aromatic heterocycles. The highest BCUT2D eigenvalue weighted by Crippen LogP contribution is 2.33. The molecular weight excluding hydrogens is 242 g/mol. The molecule has 0 atom stereocenters. The van der Waals surface area contributed by atoms with Crippen LogP contribution in [0.5, 0.6) is 11.5 Å². The van der Waals surface area contributed by atoms with Gasteiger partial charge in [-0.3, -0.25) is 0 Å². The highest BCUT2D eigenvalue weighted by molar-refractivity contribution is 6.67. The Morgan fingerprint density at radius 2 is 1.47 bits per heavy atom. The lowest BCUT2D eigenvalue weighted by atomic mass is 9.80. The number of ether oxygens (including phenoxy) is 2. The second kappa shape index (κ2) is 4.94. The summed E-state index contributed by atoms with van der Waals surface area (Å²) in [6.45, 7) is 0. The van der Waals surface area contributed by atoms with Gasteiger partial charge in [0.15, 0.2) is 0 Å². The Hall–Kier alpha value is -0.615. The molecule has 0 unspecified atom stereocenters. The molecule has 1 aromatic carbocycles. The molecule has 0 amide bonds. The molecular formula is C8H9BCl2O4. The molecule has 4 nitrogen and oxygen atoms in total. The van der Waals surface area contributed by atoms with Crippen molar-refractivity contribution in [2.24, 2.45) is 0 Å². The van der Waals surface area contributed by atoms with E-state index < -0.39 is 7.12 Å². The molecule has 82 valence electrons. The van der Waals surface area contributed by atoms with Gasteiger partial charge in [-0.05, 0) is 0 Å². The standard InChI is InChI=1S/C8H9BCl2O4/c1-14-4-3-5(15-2)8(11)6(7(4)10)9(12)13/h3,12-13H,1-2H3. The first-order valence-electron chi connectivity index (χ1n) is 3.99. The van der Waals surface area contributed by atoms with Crippen LogP contribution in [0.4, 0.5) is 0 Å². The fourth-order valence-electron chi connectivity index (χ4n) is 1.13. The van der Waals surface area contributed by atoms with Gasteiger partial charge in [-0.1, -0.05) is 23.2 Å². The molecule has 1 aromatic rings. The monoisotopic (exact) mass is 250 g/mol. The van der Waals surface area contributed by atoms with E-state index in [9.17, 15) is 0 Å². The molecule has 0 saturated carbocycles. The summed E-state index contributed by atoms with van der Waals surface area (Å²) in [6, 6.07) is 1.47. The molecule has 0 saturated heterocycles. The van der Waals surface area contributed by atoms with Gasteiger partial charge in [0.05, 0.1) is 24.3 Å². The van der Waals surface area contributed by atoms with E-state index in [-0.39, 0.29) is 27.0 Å². The van der Waals surface area contributed by atoms with Crippen LogP contribution in [0.25, 0.3) is 0 Å². The second-order valence-electron chi connectivity index (χ2n) is 2.70. The fourth-order valence-corrected chi connectivity index (χ4v) is 1.83. The summed E-state index contributed by atoms with van der Waals surface area (Å²) in [6.07, 6.45) is 0. The van der Waals surface area contributed by atoms with E-state index in [0.717, 1.165) is 0 Å². The van der Waals surface area contributed by atoms with E-state index in [0.29, 0.717) is 0 Å². The first-order chi connectivity index (χ1) is 7.02. The van der Waals surface area contributed by atoms with Gasteiger partial charge in [-0.15, -0.1) is 0 Å². The Bertz CT molecular complexity index is 342. The first kappa shape index (κ1) is 12.5. The third kappa shape index (κ3) is 2.31. The van der Waals surface area contributed by atoms with E-state index in [1.165, 1.54) is 20.3 Å². The van der Waals surface area contributed by atoms with E-state index in [4.69, 9.17) is 42.7 Å². The van der Waals surface area contributed by atoms with Crippen LogP contribution in [0.2, 0.25) is 10.0 Å². The maximum absolute atomic E-state index is 9.10. The summed E-state index contributed by atoms with van der Waals surface area (Å²) in [5.41, 5.74) is -0.0328. The Balaban J connectivity index is 3.46. The number of benzene rings is 1. The molecule has 0 aliphatic carbocycles. The van der Waals surface area contributed by atoms with Crippen LogP contribution in [-0.2, 0) is 0 Å². The highest BCUT2D eigenvalue weighted by Gasteiger charge is 2.25. The molecule has 1 rings (SSSR count). The predicted octanol–water partition coefficient (Wildman–Crippen LogP) is 0.690. The lowest BCUT2D eigenvalue weighted by Gasteiger charge is -2.13. The van der Waals surface area contributed by atoms with E-state index >= 15 is 0 Å². The average Bonchev–Trinajstić information content (AvgIpc) is 2.18. The zero-order valence-corrected chi connectivity index (χ0v) is 9.63. The molecule has 0 spiro atoms. The van der Waals surface area contributed by atoms with E-state index in [2.05, 4.69) is 0 Å². The molecule has 0 radical (unpaired) electrons. The number of hydrogen-bond acceptors (Lipinski definition) is 4. The molecule has 0 heterocycles. The van der Waals surface area contributed by atoms with Crippen molar-refractivity contribution in [3.63, 3.8) is 0 Å². The van der Waals surface area contributed by atoms with Gasteiger partial charge < -0.3 is 19.5 Å². The Labute approximate surface area is 97.5 Å². The van der Waals surface area contributed by atoms with Gasteiger partial charge in [0.25, 0.3) is 0 Å². The van der Waals surface area contributed by atoms with Crippen LogP contribution in [0.1, 0.15) is 0 Å². The van der Waals surface area contributed by atoms with Crippen molar-refractivity contribution in [1.82, 2.24) is 0 Å². The quantitative estimate of drug-likeness (QED) is 0.776. The third-order valence-corrected chi connectivity index (χ3v) is 2.65. The average molecular weight is 251 g/mol. The van der Waals surface area contributed by atoms with Crippen LogP contribution in [-0.4, -0.2) is 31.4 Å². The van der Waals surface area contributed by atoms with Crippen molar-refractivity contribution < 1.29 is 19.5 Å². The summed E-state index contributed by atoms with van der Waals surface area (Å²) in [7, 11) is 1.03. The summed E-state index contributed by atoms with van der Waals surface area (Å²) < 4.78 is 9.88. The molecule has 2 N–H and O–H groups in total. The predicted molar refractivity (Wildman–Crippen MR) is 59.4 cm³/mol. The Morgan fingerprint density at radius 3 is 1.73 bits per heavy atom. The molecule has 0 aliphatic rings. The largest absolute Gasteiger partial charge is 0.495 e.